The van der Waals surface area contributed by atoms with Crippen molar-refractivity contribution in [2.75, 3.05) is 24.6 Å². The van der Waals surface area contributed by atoms with Gasteiger partial charge in [0.05, 0.1) is 11.3 Å². The molecule has 1 aromatic carbocycles. The molecule has 10 heteroatoms. The molecule has 6 nitrogen and oxygen atoms in total. The summed E-state index contributed by atoms with van der Waals surface area (Å²) in [6.45, 7) is 0.941. The Bertz CT molecular complexity index is 1020. The second-order valence-electron chi connectivity index (χ2n) is 7.33. The van der Waals surface area contributed by atoms with Gasteiger partial charge in [-0.2, -0.15) is 0 Å². The smallest absolute Gasteiger partial charge is 0.406 e. The number of rotatable bonds is 5. The second-order valence-corrected chi connectivity index (χ2v) is 8.28. The zero-order valence-electron chi connectivity index (χ0n) is 16.3. The molecule has 0 radical (unpaired) electrons. The lowest BCUT2D eigenvalue weighted by Crippen LogP contribution is -2.40. The molecule has 0 saturated carbocycles. The zero-order chi connectivity index (χ0) is 22.2. The third-order valence-electron chi connectivity index (χ3n) is 5.23. The summed E-state index contributed by atoms with van der Waals surface area (Å²) in [5.41, 5.74) is 0.435. The van der Waals surface area contributed by atoms with E-state index in [0.717, 1.165) is 29.9 Å². The molecule has 164 valence electrons. The average Bonchev–Trinajstić information content (AvgIpc) is 3.33. The molecular formula is C21H19F3N2O4S. The number of hydrogen-bond donors (Lipinski definition) is 1. The molecule has 2 amide bonds. The summed E-state index contributed by atoms with van der Waals surface area (Å²) in [4.78, 5) is 30.0. The van der Waals surface area contributed by atoms with E-state index in [-0.39, 0.29) is 29.5 Å². The number of aliphatic hydroxyl groups excluding tert-OH is 1. The Hall–Kier alpha value is -2.85. The van der Waals surface area contributed by atoms with Gasteiger partial charge in [0.15, 0.2) is 0 Å². The van der Waals surface area contributed by atoms with Crippen LogP contribution in [0.15, 0.2) is 47.5 Å². The van der Waals surface area contributed by atoms with E-state index in [1.165, 1.54) is 23.5 Å². The van der Waals surface area contributed by atoms with Crippen molar-refractivity contribution in [2.45, 2.75) is 19.2 Å². The first-order chi connectivity index (χ1) is 14.8. The lowest BCUT2D eigenvalue weighted by Gasteiger charge is -2.34. The highest BCUT2D eigenvalue weighted by atomic mass is 32.1. The van der Waals surface area contributed by atoms with E-state index in [1.54, 1.807) is 22.4 Å². The fourth-order valence-electron chi connectivity index (χ4n) is 3.93. The van der Waals surface area contributed by atoms with Crippen LogP contribution in [-0.2, 0) is 9.59 Å². The maximum absolute atomic E-state index is 13.4. The first-order valence-electron chi connectivity index (χ1n) is 9.67. The van der Waals surface area contributed by atoms with Gasteiger partial charge >= 0.3 is 6.36 Å². The Balaban J connectivity index is 1.73. The average molecular weight is 452 g/mol. The number of aliphatic hydroxyl groups is 1. The normalized spacial score (nSPS) is 20.1. The molecule has 1 fully saturated rings. The maximum Gasteiger partial charge on any atom is 0.573 e. The number of benzene rings is 1. The van der Waals surface area contributed by atoms with Crippen LogP contribution >= 0.6 is 11.3 Å². The number of halogens is 3. The van der Waals surface area contributed by atoms with Crippen molar-refractivity contribution in [2.24, 2.45) is 5.92 Å². The van der Waals surface area contributed by atoms with Crippen molar-refractivity contribution in [3.63, 3.8) is 0 Å². The highest BCUT2D eigenvalue weighted by Crippen LogP contribution is 2.39. The fraction of sp³-hybridized carbons (Fsp3) is 0.333. The van der Waals surface area contributed by atoms with Gasteiger partial charge in [0.25, 0.3) is 11.8 Å². The quantitative estimate of drug-likeness (QED) is 0.702. The molecule has 0 bridgehead atoms. The van der Waals surface area contributed by atoms with E-state index in [0.29, 0.717) is 18.0 Å². The second kappa shape index (κ2) is 8.35. The fourth-order valence-corrected chi connectivity index (χ4v) is 4.69. The van der Waals surface area contributed by atoms with Gasteiger partial charge in [0.2, 0.25) is 0 Å². The van der Waals surface area contributed by atoms with Gasteiger partial charge in [-0.05, 0) is 42.3 Å². The molecule has 1 aromatic heterocycles. The molecule has 2 aromatic rings. The Morgan fingerprint density at radius 3 is 2.65 bits per heavy atom. The van der Waals surface area contributed by atoms with Crippen molar-refractivity contribution in [3.05, 3.63) is 52.4 Å². The highest BCUT2D eigenvalue weighted by Gasteiger charge is 2.44. The minimum absolute atomic E-state index is 0.00322. The van der Waals surface area contributed by atoms with Gasteiger partial charge in [-0.25, -0.2) is 4.90 Å². The number of carbonyl (C=O) groups excluding carboxylic acids is 2. The SMILES string of the molecule is O=C1C(c2cccs2)=C(N2CCCC(CO)C2)C(=O)N1c1cccc(OC(F)(F)F)c1. The van der Waals surface area contributed by atoms with Crippen LogP contribution in [0.5, 0.6) is 5.75 Å². The molecule has 31 heavy (non-hydrogen) atoms. The van der Waals surface area contributed by atoms with Crippen LogP contribution in [0.25, 0.3) is 5.57 Å². The van der Waals surface area contributed by atoms with Gasteiger partial charge in [0, 0.05) is 30.6 Å². The number of ether oxygens (including phenoxy) is 1. The summed E-state index contributed by atoms with van der Waals surface area (Å²) in [6.07, 6.45) is -3.32. The number of amides is 2. The predicted molar refractivity (Wildman–Crippen MR) is 108 cm³/mol. The number of imide groups is 1. The molecule has 1 saturated heterocycles. The van der Waals surface area contributed by atoms with Crippen LogP contribution in [0, 0.1) is 5.92 Å². The van der Waals surface area contributed by atoms with Gasteiger partial charge < -0.3 is 14.7 Å². The van der Waals surface area contributed by atoms with Crippen molar-refractivity contribution < 1.29 is 32.6 Å². The number of carbonyl (C=O) groups is 2. The van der Waals surface area contributed by atoms with E-state index in [2.05, 4.69) is 4.74 Å². The van der Waals surface area contributed by atoms with E-state index in [9.17, 15) is 27.9 Å². The van der Waals surface area contributed by atoms with Crippen molar-refractivity contribution in [1.82, 2.24) is 4.90 Å². The monoisotopic (exact) mass is 452 g/mol. The summed E-state index contributed by atoms with van der Waals surface area (Å²) in [6, 6.07) is 8.29. The number of nitrogens with zero attached hydrogens (tertiary/aromatic N) is 2. The number of likely N-dealkylation sites (tertiary alicyclic amines) is 1. The Morgan fingerprint density at radius 2 is 1.97 bits per heavy atom. The zero-order valence-corrected chi connectivity index (χ0v) is 17.1. The summed E-state index contributed by atoms with van der Waals surface area (Å²) in [7, 11) is 0. The Kier molecular flexibility index (Phi) is 5.76. The van der Waals surface area contributed by atoms with Crippen LogP contribution in [0.3, 0.4) is 0 Å². The lowest BCUT2D eigenvalue weighted by molar-refractivity contribution is -0.274. The number of piperidine rings is 1. The van der Waals surface area contributed by atoms with Crippen LogP contribution in [-0.4, -0.2) is 47.9 Å². The van der Waals surface area contributed by atoms with Crippen LogP contribution in [0.4, 0.5) is 18.9 Å². The van der Waals surface area contributed by atoms with Crippen molar-refractivity contribution in [3.8, 4) is 5.75 Å². The molecule has 0 aliphatic carbocycles. The molecule has 1 unspecified atom stereocenters. The summed E-state index contributed by atoms with van der Waals surface area (Å²) in [5.74, 6) is -1.74. The molecule has 4 rings (SSSR count). The number of alkyl halides is 3. The molecular weight excluding hydrogens is 433 g/mol. The van der Waals surface area contributed by atoms with E-state index >= 15 is 0 Å². The van der Waals surface area contributed by atoms with Crippen LogP contribution in [0.1, 0.15) is 17.7 Å². The molecule has 2 aliphatic heterocycles. The third-order valence-corrected chi connectivity index (χ3v) is 6.12. The summed E-state index contributed by atoms with van der Waals surface area (Å²) in [5, 5.41) is 11.3. The van der Waals surface area contributed by atoms with E-state index in [1.807, 2.05) is 0 Å². The predicted octanol–water partition coefficient (Wildman–Crippen LogP) is 3.64. The maximum atomic E-state index is 13.4. The molecule has 0 spiro atoms. The summed E-state index contributed by atoms with van der Waals surface area (Å²) >= 11 is 1.30. The molecule has 2 aliphatic rings. The highest BCUT2D eigenvalue weighted by molar-refractivity contribution is 7.11. The lowest BCUT2D eigenvalue weighted by atomic mass is 9.98. The third kappa shape index (κ3) is 4.31. The van der Waals surface area contributed by atoms with Crippen LogP contribution in [0.2, 0.25) is 0 Å². The minimum atomic E-state index is -4.89. The van der Waals surface area contributed by atoms with E-state index < -0.39 is 23.9 Å². The first-order valence-corrected chi connectivity index (χ1v) is 10.5. The standard InChI is InChI=1S/C21H19F3N2O4S/c22-21(23,24)30-15-6-1-5-14(10-15)26-19(28)17(16-7-3-9-31-16)18(20(26)29)25-8-2-4-13(11-25)12-27/h1,3,5-7,9-10,13,27H,2,4,8,11-12H2. The molecule has 3 heterocycles. The van der Waals surface area contributed by atoms with Gasteiger partial charge in [-0.15, -0.1) is 24.5 Å². The number of hydrogen-bond acceptors (Lipinski definition) is 6. The van der Waals surface area contributed by atoms with Crippen molar-refractivity contribution >= 4 is 34.4 Å². The Labute approximate surface area is 180 Å². The Morgan fingerprint density at radius 1 is 1.16 bits per heavy atom. The van der Waals surface area contributed by atoms with Gasteiger partial charge in [0.1, 0.15) is 11.4 Å². The minimum Gasteiger partial charge on any atom is -0.406 e. The molecule has 1 N–H and O–H groups in total. The number of anilines is 1. The van der Waals surface area contributed by atoms with Crippen molar-refractivity contribution in [1.29, 1.82) is 0 Å². The van der Waals surface area contributed by atoms with Gasteiger partial charge in [-0.3, -0.25) is 9.59 Å². The van der Waals surface area contributed by atoms with E-state index in [4.69, 9.17) is 0 Å². The van der Waals surface area contributed by atoms with Gasteiger partial charge in [-0.1, -0.05) is 12.1 Å². The topological polar surface area (TPSA) is 70.1 Å². The van der Waals surface area contributed by atoms with Crippen LogP contribution < -0.4 is 9.64 Å². The molecule has 1 atom stereocenters. The summed E-state index contributed by atoms with van der Waals surface area (Å²) < 4.78 is 41.8. The first kappa shape index (κ1) is 21.4. The largest absolute Gasteiger partial charge is 0.573 e. The number of thiophene rings is 1.